The first-order chi connectivity index (χ1) is 4.15. The molecule has 1 fully saturated rings. The van der Waals surface area contributed by atoms with E-state index in [9.17, 15) is 4.79 Å². The molecule has 1 heterocycles. The third kappa shape index (κ3) is 1.11. The summed E-state index contributed by atoms with van der Waals surface area (Å²) in [7, 11) is 0. The van der Waals surface area contributed by atoms with Gasteiger partial charge in [0.2, 0.25) is 0 Å². The summed E-state index contributed by atoms with van der Waals surface area (Å²) >= 11 is 0. The smallest absolute Gasteiger partial charge is 0.164 e. The molecule has 0 aliphatic carbocycles. The van der Waals surface area contributed by atoms with Gasteiger partial charge in [-0.3, -0.25) is 10.1 Å². The molecule has 0 spiro atoms. The van der Waals surface area contributed by atoms with E-state index in [1.807, 2.05) is 0 Å². The van der Waals surface area contributed by atoms with Gasteiger partial charge in [-0.2, -0.15) is 0 Å². The monoisotopic (exact) mass is 128 g/mol. The molecule has 0 radical (unpaired) electrons. The number of carbonyl (C=O) groups excluding carboxylic acids is 1. The highest BCUT2D eigenvalue weighted by molar-refractivity contribution is 5.85. The summed E-state index contributed by atoms with van der Waals surface area (Å²) < 4.78 is 0. The summed E-state index contributed by atoms with van der Waals surface area (Å²) in [6.07, 6.45) is 1.79. The first-order valence-corrected chi connectivity index (χ1v) is 3.20. The average Bonchev–Trinajstić information content (AvgIpc) is 2.16. The van der Waals surface area contributed by atoms with Crippen LogP contribution in [-0.2, 0) is 4.79 Å². The number of hydrogen-bond donors (Lipinski definition) is 2. The molecule has 3 N–H and O–H groups in total. The molecule has 1 aliphatic rings. The zero-order valence-electron chi connectivity index (χ0n) is 5.61. The van der Waals surface area contributed by atoms with Crippen LogP contribution in [-0.4, -0.2) is 18.0 Å². The van der Waals surface area contributed by atoms with Crippen LogP contribution >= 0.6 is 0 Å². The number of ketones is 1. The Morgan fingerprint density at radius 3 is 2.67 bits per heavy atom. The van der Waals surface area contributed by atoms with Crippen molar-refractivity contribution in [2.24, 2.45) is 5.73 Å². The molecule has 3 nitrogen and oxygen atoms in total. The van der Waals surface area contributed by atoms with Crippen molar-refractivity contribution in [1.82, 2.24) is 5.32 Å². The van der Waals surface area contributed by atoms with Crippen LogP contribution in [0.5, 0.6) is 0 Å². The molecule has 0 aromatic carbocycles. The molecule has 1 saturated heterocycles. The molecule has 1 aliphatic heterocycles. The summed E-state index contributed by atoms with van der Waals surface area (Å²) in [4.78, 5) is 10.8. The van der Waals surface area contributed by atoms with Gasteiger partial charge in [0.25, 0.3) is 0 Å². The van der Waals surface area contributed by atoms with Crippen molar-refractivity contribution in [3.05, 3.63) is 0 Å². The summed E-state index contributed by atoms with van der Waals surface area (Å²) in [5.41, 5.74) is 4.95. The van der Waals surface area contributed by atoms with Crippen molar-refractivity contribution in [2.45, 2.75) is 25.4 Å². The second-order valence-corrected chi connectivity index (χ2v) is 2.56. The minimum absolute atomic E-state index is 0.0417. The minimum atomic E-state index is -0.694. The summed E-state index contributed by atoms with van der Waals surface area (Å²) in [6, 6.07) is 0. The summed E-state index contributed by atoms with van der Waals surface area (Å²) in [5, 5.41) is 2.96. The molecule has 0 aromatic heterocycles. The van der Waals surface area contributed by atoms with Crippen LogP contribution in [0.2, 0.25) is 0 Å². The van der Waals surface area contributed by atoms with E-state index in [0.717, 1.165) is 19.4 Å². The van der Waals surface area contributed by atoms with Gasteiger partial charge >= 0.3 is 0 Å². The molecule has 0 amide bonds. The van der Waals surface area contributed by atoms with E-state index >= 15 is 0 Å². The third-order valence-electron chi connectivity index (χ3n) is 1.82. The van der Waals surface area contributed by atoms with Gasteiger partial charge in [0.05, 0.1) is 0 Å². The van der Waals surface area contributed by atoms with Gasteiger partial charge in [-0.25, -0.2) is 0 Å². The standard InChI is InChI=1S/C6H12N2O/c1-5(9)6(7)3-2-4-8-6/h8H,2-4,7H2,1H3/t6-/m1/s1. The normalized spacial score (nSPS) is 34.9. The first-order valence-electron chi connectivity index (χ1n) is 3.20. The van der Waals surface area contributed by atoms with Gasteiger partial charge < -0.3 is 5.73 Å². The van der Waals surface area contributed by atoms with E-state index in [0.29, 0.717) is 0 Å². The van der Waals surface area contributed by atoms with Crippen molar-refractivity contribution in [3.8, 4) is 0 Å². The zero-order valence-corrected chi connectivity index (χ0v) is 5.61. The molecule has 52 valence electrons. The fourth-order valence-corrected chi connectivity index (χ4v) is 1.07. The minimum Gasteiger partial charge on any atom is -0.307 e. The maximum Gasteiger partial charge on any atom is 0.164 e. The van der Waals surface area contributed by atoms with E-state index in [1.54, 1.807) is 0 Å². The van der Waals surface area contributed by atoms with E-state index in [1.165, 1.54) is 6.92 Å². The van der Waals surface area contributed by atoms with Gasteiger partial charge in [-0.05, 0) is 26.3 Å². The largest absolute Gasteiger partial charge is 0.307 e. The molecular weight excluding hydrogens is 116 g/mol. The van der Waals surface area contributed by atoms with Crippen LogP contribution in [0.25, 0.3) is 0 Å². The van der Waals surface area contributed by atoms with Gasteiger partial charge in [-0.15, -0.1) is 0 Å². The lowest BCUT2D eigenvalue weighted by Crippen LogP contribution is -2.54. The Morgan fingerprint density at radius 2 is 2.44 bits per heavy atom. The van der Waals surface area contributed by atoms with Crippen molar-refractivity contribution in [1.29, 1.82) is 0 Å². The van der Waals surface area contributed by atoms with E-state index in [2.05, 4.69) is 5.32 Å². The lowest BCUT2D eigenvalue weighted by Gasteiger charge is -2.19. The Labute approximate surface area is 54.6 Å². The first kappa shape index (κ1) is 6.71. The van der Waals surface area contributed by atoms with Crippen LogP contribution in [0.15, 0.2) is 0 Å². The molecule has 0 bridgehead atoms. The Morgan fingerprint density at radius 1 is 1.78 bits per heavy atom. The number of Topliss-reactive ketones (excluding diaryl/α,β-unsaturated/α-hetero) is 1. The second-order valence-electron chi connectivity index (χ2n) is 2.56. The number of nitrogens with two attached hydrogens (primary N) is 1. The molecule has 3 heteroatoms. The highest BCUT2D eigenvalue weighted by atomic mass is 16.1. The van der Waals surface area contributed by atoms with E-state index < -0.39 is 5.66 Å². The topological polar surface area (TPSA) is 55.1 Å². The Hall–Kier alpha value is -0.410. The van der Waals surface area contributed by atoms with Crippen LogP contribution < -0.4 is 11.1 Å². The fourth-order valence-electron chi connectivity index (χ4n) is 1.07. The van der Waals surface area contributed by atoms with Crippen molar-refractivity contribution < 1.29 is 4.79 Å². The van der Waals surface area contributed by atoms with E-state index in [-0.39, 0.29) is 5.78 Å². The molecule has 0 aromatic rings. The predicted molar refractivity (Wildman–Crippen MR) is 34.8 cm³/mol. The Kier molecular flexibility index (Phi) is 1.55. The molecule has 1 atom stereocenters. The maximum absolute atomic E-state index is 10.8. The van der Waals surface area contributed by atoms with Crippen LogP contribution in [0, 0.1) is 0 Å². The predicted octanol–water partition coefficient (Wildman–Crippen LogP) is -0.386. The van der Waals surface area contributed by atoms with Gasteiger partial charge in [0, 0.05) is 0 Å². The molecule has 0 unspecified atom stereocenters. The number of carbonyl (C=O) groups is 1. The Balaban J connectivity index is 2.61. The number of hydrogen-bond acceptors (Lipinski definition) is 3. The fraction of sp³-hybridized carbons (Fsp3) is 0.833. The summed E-state index contributed by atoms with van der Waals surface area (Å²) in [6.45, 7) is 2.40. The van der Waals surface area contributed by atoms with Crippen molar-refractivity contribution >= 4 is 5.78 Å². The molecule has 0 saturated carbocycles. The van der Waals surface area contributed by atoms with Crippen molar-refractivity contribution in [2.75, 3.05) is 6.54 Å². The zero-order chi connectivity index (χ0) is 6.91. The van der Waals surface area contributed by atoms with E-state index in [4.69, 9.17) is 5.73 Å². The summed E-state index contributed by atoms with van der Waals surface area (Å²) in [5.74, 6) is 0.0417. The third-order valence-corrected chi connectivity index (χ3v) is 1.82. The molecule has 9 heavy (non-hydrogen) atoms. The Bertz CT molecular complexity index is 127. The average molecular weight is 128 g/mol. The van der Waals surface area contributed by atoms with Gasteiger partial charge in [-0.1, -0.05) is 0 Å². The van der Waals surface area contributed by atoms with Gasteiger partial charge in [0.1, 0.15) is 5.66 Å². The van der Waals surface area contributed by atoms with Crippen LogP contribution in [0.3, 0.4) is 0 Å². The quantitative estimate of drug-likeness (QED) is 0.506. The second kappa shape index (κ2) is 2.08. The highest BCUT2D eigenvalue weighted by Gasteiger charge is 2.33. The number of nitrogens with one attached hydrogen (secondary N) is 1. The van der Waals surface area contributed by atoms with Crippen molar-refractivity contribution in [3.63, 3.8) is 0 Å². The highest BCUT2D eigenvalue weighted by Crippen LogP contribution is 2.13. The maximum atomic E-state index is 10.8. The lowest BCUT2D eigenvalue weighted by molar-refractivity contribution is -0.122. The number of rotatable bonds is 1. The molecular formula is C6H12N2O. The van der Waals surface area contributed by atoms with Crippen LogP contribution in [0.4, 0.5) is 0 Å². The molecule has 1 rings (SSSR count). The van der Waals surface area contributed by atoms with Gasteiger partial charge in [0.15, 0.2) is 5.78 Å². The SMILES string of the molecule is CC(=O)[C@@]1(N)CCCN1. The van der Waals surface area contributed by atoms with Crippen LogP contribution in [0.1, 0.15) is 19.8 Å². The lowest BCUT2D eigenvalue weighted by atomic mass is 10.1.